The van der Waals surface area contributed by atoms with E-state index in [1.54, 1.807) is 20.9 Å². The quantitative estimate of drug-likeness (QED) is 0.689. The van der Waals surface area contributed by atoms with Crippen LogP contribution in [0, 0.1) is 0 Å². The summed E-state index contributed by atoms with van der Waals surface area (Å²) >= 11 is 1.51. The number of nitrogens with zero attached hydrogens (tertiary/aromatic N) is 4. The summed E-state index contributed by atoms with van der Waals surface area (Å²) in [6.07, 6.45) is 3.99. The molecule has 7 nitrogen and oxygen atoms in total. The number of piperazine rings is 1. The molecule has 2 aromatic rings. The number of amides is 3. The summed E-state index contributed by atoms with van der Waals surface area (Å²) in [7, 11) is 0. The van der Waals surface area contributed by atoms with Gasteiger partial charge in [-0.05, 0) is 29.7 Å². The molecule has 0 radical (unpaired) electrons. The fourth-order valence-electron chi connectivity index (χ4n) is 4.08. The van der Waals surface area contributed by atoms with Gasteiger partial charge in [0, 0.05) is 38.4 Å². The summed E-state index contributed by atoms with van der Waals surface area (Å²) in [5, 5.41) is 0. The number of pyridine rings is 1. The van der Waals surface area contributed by atoms with Gasteiger partial charge in [0.25, 0.3) is 0 Å². The third kappa shape index (κ3) is 4.74. The van der Waals surface area contributed by atoms with Crippen LogP contribution in [-0.2, 0) is 20.8 Å². The molecule has 0 spiro atoms. The van der Waals surface area contributed by atoms with Gasteiger partial charge in [0.1, 0.15) is 12.6 Å². The first-order valence-corrected chi connectivity index (χ1v) is 11.7. The first-order valence-electron chi connectivity index (χ1n) is 10.5. The number of benzene rings is 1. The van der Waals surface area contributed by atoms with E-state index in [0.29, 0.717) is 37.7 Å². The van der Waals surface area contributed by atoms with Crippen molar-refractivity contribution in [1.29, 1.82) is 0 Å². The molecule has 1 aromatic carbocycles. The Balaban J connectivity index is 1.55. The van der Waals surface area contributed by atoms with E-state index in [0.717, 1.165) is 16.7 Å². The standard InChI is InChI=1S/C23H26N4O3S/c1-2-25-9-10-27(21(28)14-26-16-31-15-22(26)29)20(23(25)30)12-17-5-3-6-18(11-17)19-7-4-8-24-13-19/h3-8,11,13,20H,2,9-10,12,14-16H2,1H3. The second kappa shape index (κ2) is 9.51. The van der Waals surface area contributed by atoms with E-state index in [4.69, 9.17) is 0 Å². The molecule has 1 unspecified atom stereocenters. The van der Waals surface area contributed by atoms with Crippen molar-refractivity contribution in [1.82, 2.24) is 19.7 Å². The van der Waals surface area contributed by atoms with Gasteiger partial charge in [-0.3, -0.25) is 19.4 Å². The van der Waals surface area contributed by atoms with Crippen molar-refractivity contribution in [2.45, 2.75) is 19.4 Å². The molecule has 2 fully saturated rings. The third-order valence-corrected chi connectivity index (χ3v) is 6.73. The van der Waals surface area contributed by atoms with Crippen molar-refractivity contribution in [3.63, 3.8) is 0 Å². The number of rotatable bonds is 6. The van der Waals surface area contributed by atoms with Crippen molar-refractivity contribution < 1.29 is 14.4 Å². The smallest absolute Gasteiger partial charge is 0.245 e. The molecule has 2 aliphatic rings. The molecular formula is C23H26N4O3S. The van der Waals surface area contributed by atoms with Gasteiger partial charge >= 0.3 is 0 Å². The summed E-state index contributed by atoms with van der Waals surface area (Å²) in [6, 6.07) is 11.4. The van der Waals surface area contributed by atoms with Crippen molar-refractivity contribution in [2.24, 2.45) is 0 Å². The predicted molar refractivity (Wildman–Crippen MR) is 120 cm³/mol. The minimum absolute atomic E-state index is 0.0161. The number of carbonyl (C=O) groups is 3. The highest BCUT2D eigenvalue weighted by Gasteiger charge is 2.38. The van der Waals surface area contributed by atoms with Crippen LogP contribution >= 0.6 is 11.8 Å². The molecule has 3 amide bonds. The van der Waals surface area contributed by atoms with Crippen LogP contribution < -0.4 is 0 Å². The maximum atomic E-state index is 13.2. The average molecular weight is 439 g/mol. The van der Waals surface area contributed by atoms with Gasteiger partial charge in [-0.25, -0.2) is 0 Å². The minimum atomic E-state index is -0.560. The Morgan fingerprint density at radius 1 is 1.13 bits per heavy atom. The molecule has 31 heavy (non-hydrogen) atoms. The molecule has 3 heterocycles. The zero-order valence-electron chi connectivity index (χ0n) is 17.6. The van der Waals surface area contributed by atoms with Crippen LogP contribution in [0.4, 0.5) is 0 Å². The first kappa shape index (κ1) is 21.4. The lowest BCUT2D eigenvalue weighted by Gasteiger charge is -2.41. The SMILES string of the molecule is CCN1CCN(C(=O)CN2CSCC2=O)C(Cc2cccc(-c3cccnc3)c2)C1=O. The van der Waals surface area contributed by atoms with Crippen LogP contribution in [0.5, 0.6) is 0 Å². The van der Waals surface area contributed by atoms with E-state index in [1.807, 2.05) is 43.5 Å². The number of thioether (sulfide) groups is 1. The van der Waals surface area contributed by atoms with E-state index in [2.05, 4.69) is 11.1 Å². The average Bonchev–Trinajstić information content (AvgIpc) is 3.20. The highest BCUT2D eigenvalue weighted by molar-refractivity contribution is 8.00. The van der Waals surface area contributed by atoms with Crippen molar-refractivity contribution in [3.8, 4) is 11.1 Å². The highest BCUT2D eigenvalue weighted by Crippen LogP contribution is 2.23. The fraction of sp³-hybridized carbons (Fsp3) is 0.391. The van der Waals surface area contributed by atoms with Gasteiger partial charge in [-0.15, -0.1) is 11.8 Å². The number of aromatic nitrogens is 1. The monoisotopic (exact) mass is 438 g/mol. The molecule has 4 rings (SSSR count). The van der Waals surface area contributed by atoms with Crippen LogP contribution in [0.2, 0.25) is 0 Å². The maximum Gasteiger partial charge on any atom is 0.245 e. The van der Waals surface area contributed by atoms with Gasteiger partial charge < -0.3 is 14.7 Å². The number of likely N-dealkylation sites (N-methyl/N-ethyl adjacent to an activating group) is 1. The van der Waals surface area contributed by atoms with Crippen molar-refractivity contribution in [2.75, 3.05) is 37.8 Å². The second-order valence-electron chi connectivity index (χ2n) is 7.74. The molecule has 0 saturated carbocycles. The molecule has 1 aromatic heterocycles. The van der Waals surface area contributed by atoms with Crippen molar-refractivity contribution >= 4 is 29.5 Å². The first-order chi connectivity index (χ1) is 15.1. The lowest BCUT2D eigenvalue weighted by molar-refractivity contribution is -0.152. The van der Waals surface area contributed by atoms with Gasteiger partial charge in [0.05, 0.1) is 11.6 Å². The summed E-state index contributed by atoms with van der Waals surface area (Å²) in [5.41, 5.74) is 3.02. The topological polar surface area (TPSA) is 73.8 Å². The molecule has 2 aliphatic heterocycles. The van der Waals surface area contributed by atoms with Crippen LogP contribution in [0.15, 0.2) is 48.8 Å². The van der Waals surface area contributed by atoms with E-state index in [-0.39, 0.29) is 24.3 Å². The molecule has 0 aliphatic carbocycles. The number of carbonyl (C=O) groups excluding carboxylic acids is 3. The van der Waals surface area contributed by atoms with Crippen LogP contribution in [0.3, 0.4) is 0 Å². The summed E-state index contributed by atoms with van der Waals surface area (Å²) in [6.45, 7) is 3.62. The van der Waals surface area contributed by atoms with Crippen LogP contribution in [0.25, 0.3) is 11.1 Å². The molecule has 0 N–H and O–H groups in total. The molecule has 8 heteroatoms. The zero-order chi connectivity index (χ0) is 21.8. The van der Waals surface area contributed by atoms with Crippen LogP contribution in [0.1, 0.15) is 12.5 Å². The Morgan fingerprint density at radius 2 is 1.97 bits per heavy atom. The van der Waals surface area contributed by atoms with E-state index >= 15 is 0 Å². The summed E-state index contributed by atoms with van der Waals surface area (Å²) in [5.74, 6) is 0.744. The second-order valence-corrected chi connectivity index (χ2v) is 8.69. The van der Waals surface area contributed by atoms with E-state index in [1.165, 1.54) is 11.8 Å². The molecule has 1 atom stereocenters. The Morgan fingerprint density at radius 3 is 2.68 bits per heavy atom. The van der Waals surface area contributed by atoms with Crippen molar-refractivity contribution in [3.05, 3.63) is 54.4 Å². The molecular weight excluding hydrogens is 412 g/mol. The normalized spacial score (nSPS) is 19.3. The third-order valence-electron chi connectivity index (χ3n) is 5.79. The molecule has 162 valence electrons. The summed E-state index contributed by atoms with van der Waals surface area (Å²) < 4.78 is 0. The highest BCUT2D eigenvalue weighted by atomic mass is 32.2. The minimum Gasteiger partial charge on any atom is -0.339 e. The molecule has 0 bridgehead atoms. The number of hydrogen-bond donors (Lipinski definition) is 0. The van der Waals surface area contributed by atoms with Crippen LogP contribution in [-0.4, -0.2) is 81.3 Å². The summed E-state index contributed by atoms with van der Waals surface area (Å²) in [4.78, 5) is 47.4. The van der Waals surface area contributed by atoms with Gasteiger partial charge in [0.2, 0.25) is 17.7 Å². The Kier molecular flexibility index (Phi) is 6.56. The Hall–Kier alpha value is -2.87. The Labute approximate surface area is 186 Å². The van der Waals surface area contributed by atoms with E-state index in [9.17, 15) is 14.4 Å². The van der Waals surface area contributed by atoms with E-state index < -0.39 is 6.04 Å². The molecule has 2 saturated heterocycles. The zero-order valence-corrected chi connectivity index (χ0v) is 18.4. The maximum absolute atomic E-state index is 13.2. The Bertz CT molecular complexity index is 968. The predicted octanol–water partition coefficient (Wildman–Crippen LogP) is 1.88. The lowest BCUT2D eigenvalue weighted by atomic mass is 9.97. The fourth-order valence-corrected chi connectivity index (χ4v) is 4.98. The number of hydrogen-bond acceptors (Lipinski definition) is 5. The largest absolute Gasteiger partial charge is 0.339 e. The lowest BCUT2D eigenvalue weighted by Crippen LogP contribution is -2.60. The van der Waals surface area contributed by atoms with Gasteiger partial charge in [-0.2, -0.15) is 0 Å². The van der Waals surface area contributed by atoms with Gasteiger partial charge in [-0.1, -0.05) is 30.3 Å². The van der Waals surface area contributed by atoms with Gasteiger partial charge in [0.15, 0.2) is 0 Å².